The molecule has 0 atom stereocenters. The number of esters is 1. The first-order valence-electron chi connectivity index (χ1n) is 8.58. The summed E-state index contributed by atoms with van der Waals surface area (Å²) in [6.07, 6.45) is 0. The lowest BCUT2D eigenvalue weighted by Crippen LogP contribution is -2.32. The van der Waals surface area contributed by atoms with Crippen molar-refractivity contribution < 1.29 is 23.8 Å². The molecular weight excluding hydrogens is 384 g/mol. The molecule has 0 radical (unpaired) electrons. The number of hydrogen-bond donors (Lipinski definition) is 2. The van der Waals surface area contributed by atoms with Crippen molar-refractivity contribution >= 4 is 29.2 Å². The average molecular weight is 407 g/mol. The van der Waals surface area contributed by atoms with Crippen molar-refractivity contribution in [1.29, 1.82) is 0 Å². The van der Waals surface area contributed by atoms with Crippen LogP contribution in [0.3, 0.4) is 0 Å². The lowest BCUT2D eigenvalue weighted by molar-refractivity contribution is -0.124. The third-order valence-corrected chi connectivity index (χ3v) is 4.21. The van der Waals surface area contributed by atoms with E-state index in [1.165, 1.54) is 19.2 Å². The average Bonchev–Trinajstić information content (AvgIpc) is 2.66. The number of carbonyl (C=O) groups is 2. The molecule has 7 nitrogen and oxygen atoms in total. The molecule has 2 aromatic carbocycles. The lowest BCUT2D eigenvalue weighted by atomic mass is 10.1. The summed E-state index contributed by atoms with van der Waals surface area (Å²) in [5.41, 5.74) is 8.22. The van der Waals surface area contributed by atoms with Gasteiger partial charge in [0.1, 0.15) is 23.7 Å². The van der Waals surface area contributed by atoms with E-state index in [4.69, 9.17) is 31.5 Å². The number of ether oxygens (including phenoxy) is 3. The molecule has 0 bridgehead atoms. The highest BCUT2D eigenvalue weighted by atomic mass is 35.5. The second-order valence-corrected chi connectivity index (χ2v) is 6.52. The van der Waals surface area contributed by atoms with Gasteiger partial charge in [0, 0.05) is 6.07 Å². The molecule has 0 saturated heterocycles. The van der Waals surface area contributed by atoms with E-state index in [1.807, 2.05) is 32.0 Å². The summed E-state index contributed by atoms with van der Waals surface area (Å²) in [4.78, 5) is 24.0. The first-order valence-corrected chi connectivity index (χ1v) is 8.96. The first-order chi connectivity index (χ1) is 13.3. The zero-order chi connectivity index (χ0) is 20.7. The number of amides is 1. The Morgan fingerprint density at radius 3 is 2.57 bits per heavy atom. The molecule has 0 spiro atoms. The number of hydrogen-bond acceptors (Lipinski definition) is 6. The molecular formula is C20H23ClN2O5. The van der Waals surface area contributed by atoms with Gasteiger partial charge in [-0.25, -0.2) is 4.79 Å². The fraction of sp³-hybridized carbons (Fsp3) is 0.300. The number of rotatable bonds is 8. The van der Waals surface area contributed by atoms with Crippen molar-refractivity contribution in [2.75, 3.05) is 32.6 Å². The van der Waals surface area contributed by atoms with Crippen molar-refractivity contribution in [3.05, 3.63) is 52.0 Å². The van der Waals surface area contributed by atoms with Gasteiger partial charge in [0.05, 0.1) is 24.4 Å². The number of nitrogen functional groups attached to an aromatic ring is 1. The van der Waals surface area contributed by atoms with Gasteiger partial charge < -0.3 is 25.3 Å². The molecule has 8 heteroatoms. The fourth-order valence-electron chi connectivity index (χ4n) is 2.47. The van der Waals surface area contributed by atoms with Crippen LogP contribution in [0.25, 0.3) is 0 Å². The van der Waals surface area contributed by atoms with Crippen molar-refractivity contribution in [3.8, 4) is 11.5 Å². The summed E-state index contributed by atoms with van der Waals surface area (Å²) in [6, 6.07) is 8.62. The summed E-state index contributed by atoms with van der Waals surface area (Å²) < 4.78 is 15.7. The minimum absolute atomic E-state index is 0.0904. The highest BCUT2D eigenvalue weighted by molar-refractivity contribution is 6.33. The number of anilines is 1. The number of carbonyl (C=O) groups excluding carboxylic acids is 2. The van der Waals surface area contributed by atoms with Gasteiger partial charge >= 0.3 is 5.97 Å². The molecule has 0 aromatic heterocycles. The van der Waals surface area contributed by atoms with Crippen molar-refractivity contribution in [3.63, 3.8) is 0 Å². The van der Waals surface area contributed by atoms with Crippen LogP contribution in [-0.4, -0.2) is 38.7 Å². The van der Waals surface area contributed by atoms with Crippen LogP contribution in [-0.2, 0) is 9.53 Å². The van der Waals surface area contributed by atoms with Crippen LogP contribution >= 0.6 is 11.6 Å². The Hall–Kier alpha value is -2.93. The molecule has 0 heterocycles. The Labute approximate surface area is 168 Å². The highest BCUT2D eigenvalue weighted by Crippen LogP contribution is 2.29. The molecule has 2 aromatic rings. The quantitative estimate of drug-likeness (QED) is 0.397. The van der Waals surface area contributed by atoms with Gasteiger partial charge in [-0.2, -0.15) is 0 Å². The third-order valence-electron chi connectivity index (χ3n) is 3.89. The van der Waals surface area contributed by atoms with Crippen LogP contribution in [0.4, 0.5) is 5.69 Å². The van der Waals surface area contributed by atoms with Gasteiger partial charge in [0.15, 0.2) is 6.61 Å². The second kappa shape index (κ2) is 9.85. The molecule has 0 saturated carbocycles. The van der Waals surface area contributed by atoms with Gasteiger partial charge in [-0.1, -0.05) is 29.3 Å². The SMILES string of the molecule is COc1cc(N)c(Cl)cc1C(=O)OCC(=O)NCCOc1ccc(C)cc1C. The molecule has 3 N–H and O–H groups in total. The molecule has 0 aliphatic heterocycles. The Bertz CT molecular complexity index is 870. The van der Waals surface area contributed by atoms with E-state index in [2.05, 4.69) is 5.32 Å². The number of methoxy groups -OCH3 is 1. The van der Waals surface area contributed by atoms with E-state index < -0.39 is 18.5 Å². The summed E-state index contributed by atoms with van der Waals surface area (Å²) in [6.45, 7) is 4.10. The number of aryl methyl sites for hydroxylation is 2. The van der Waals surface area contributed by atoms with Crippen LogP contribution < -0.4 is 20.5 Å². The largest absolute Gasteiger partial charge is 0.496 e. The Morgan fingerprint density at radius 2 is 1.89 bits per heavy atom. The number of halogens is 1. The molecule has 0 unspecified atom stereocenters. The maximum Gasteiger partial charge on any atom is 0.342 e. The second-order valence-electron chi connectivity index (χ2n) is 6.12. The van der Waals surface area contributed by atoms with E-state index in [1.54, 1.807) is 0 Å². The first kappa shape index (κ1) is 21.4. The molecule has 0 fully saturated rings. The predicted octanol–water partition coefficient (Wildman–Crippen LogP) is 2.90. The zero-order valence-electron chi connectivity index (χ0n) is 16.0. The van der Waals surface area contributed by atoms with Crippen molar-refractivity contribution in [1.82, 2.24) is 5.32 Å². The standard InChI is InChI=1S/C20H23ClN2O5/c1-12-4-5-17(13(2)8-12)27-7-6-23-19(24)11-28-20(25)14-9-15(21)16(22)10-18(14)26-3/h4-5,8-10H,6-7,11,22H2,1-3H3,(H,23,24). The highest BCUT2D eigenvalue weighted by Gasteiger charge is 2.17. The summed E-state index contributed by atoms with van der Waals surface area (Å²) in [5, 5.41) is 2.82. The number of nitrogens with one attached hydrogen (secondary N) is 1. The molecule has 150 valence electrons. The van der Waals surface area contributed by atoms with Crippen LogP contribution in [0.15, 0.2) is 30.3 Å². The van der Waals surface area contributed by atoms with E-state index in [0.29, 0.717) is 6.61 Å². The Kier molecular flexibility index (Phi) is 7.52. The monoisotopic (exact) mass is 406 g/mol. The minimum atomic E-state index is -0.736. The van der Waals surface area contributed by atoms with Crippen LogP contribution in [0.5, 0.6) is 11.5 Å². The number of nitrogens with two attached hydrogens (primary N) is 1. The van der Waals surface area contributed by atoms with Crippen molar-refractivity contribution in [2.24, 2.45) is 0 Å². The summed E-state index contributed by atoms with van der Waals surface area (Å²) in [5.74, 6) is -0.203. The molecule has 0 aliphatic carbocycles. The third kappa shape index (κ3) is 5.79. The van der Waals surface area contributed by atoms with Gasteiger partial charge in [0.2, 0.25) is 0 Å². The predicted molar refractivity (Wildman–Crippen MR) is 107 cm³/mol. The summed E-state index contributed by atoms with van der Waals surface area (Å²) >= 11 is 5.92. The zero-order valence-corrected chi connectivity index (χ0v) is 16.8. The molecule has 1 amide bonds. The maximum absolute atomic E-state index is 12.2. The Balaban J connectivity index is 1.78. The van der Waals surface area contributed by atoms with Crippen LogP contribution in [0.1, 0.15) is 21.5 Å². The smallest absolute Gasteiger partial charge is 0.342 e. The topological polar surface area (TPSA) is 99.9 Å². The summed E-state index contributed by atoms with van der Waals surface area (Å²) in [7, 11) is 1.39. The van der Waals surface area contributed by atoms with E-state index >= 15 is 0 Å². The van der Waals surface area contributed by atoms with E-state index in [9.17, 15) is 9.59 Å². The molecule has 28 heavy (non-hydrogen) atoms. The van der Waals surface area contributed by atoms with Crippen LogP contribution in [0, 0.1) is 13.8 Å². The molecule has 0 aliphatic rings. The van der Waals surface area contributed by atoms with Gasteiger partial charge in [-0.3, -0.25) is 4.79 Å². The fourth-order valence-corrected chi connectivity index (χ4v) is 2.63. The minimum Gasteiger partial charge on any atom is -0.496 e. The van der Waals surface area contributed by atoms with E-state index in [-0.39, 0.29) is 28.6 Å². The number of benzene rings is 2. The van der Waals surface area contributed by atoms with E-state index in [0.717, 1.165) is 16.9 Å². The van der Waals surface area contributed by atoms with Gasteiger partial charge in [0.25, 0.3) is 5.91 Å². The normalized spacial score (nSPS) is 10.3. The maximum atomic E-state index is 12.2. The molecule has 2 rings (SSSR count). The Morgan fingerprint density at radius 1 is 1.14 bits per heavy atom. The lowest BCUT2D eigenvalue weighted by Gasteiger charge is -2.12. The van der Waals surface area contributed by atoms with Gasteiger partial charge in [-0.15, -0.1) is 0 Å². The van der Waals surface area contributed by atoms with Crippen LogP contribution in [0.2, 0.25) is 5.02 Å². The van der Waals surface area contributed by atoms with Gasteiger partial charge in [-0.05, 0) is 31.5 Å². The van der Waals surface area contributed by atoms with Crippen molar-refractivity contribution in [2.45, 2.75) is 13.8 Å².